The molecule has 1 atom stereocenters. The van der Waals surface area contributed by atoms with Gasteiger partial charge in [0.2, 0.25) is 11.1 Å². The molecule has 2 rings (SSSR count). The molecule has 0 saturated carbocycles. The molecule has 1 aliphatic heterocycles. The van der Waals surface area contributed by atoms with Gasteiger partial charge in [-0.15, -0.1) is 0 Å². The highest BCUT2D eigenvalue weighted by Crippen LogP contribution is 2.23. The number of nitro groups is 1. The Morgan fingerprint density at radius 1 is 1.58 bits per heavy atom. The van der Waals surface area contributed by atoms with Crippen molar-refractivity contribution in [3.63, 3.8) is 0 Å². The van der Waals surface area contributed by atoms with E-state index in [1.54, 1.807) is 0 Å². The van der Waals surface area contributed by atoms with Gasteiger partial charge in [0.15, 0.2) is 0 Å². The van der Waals surface area contributed by atoms with Crippen LogP contribution in [0.5, 0.6) is 0 Å². The van der Waals surface area contributed by atoms with E-state index in [4.69, 9.17) is 11.6 Å². The van der Waals surface area contributed by atoms with Crippen LogP contribution in [-0.4, -0.2) is 45.5 Å². The highest BCUT2D eigenvalue weighted by atomic mass is 35.5. The van der Waals surface area contributed by atoms with Crippen LogP contribution >= 0.6 is 11.6 Å². The molecule has 2 heterocycles. The van der Waals surface area contributed by atoms with Gasteiger partial charge in [-0.2, -0.15) is 4.98 Å². The maximum absolute atomic E-state index is 10.9. The Kier molecular flexibility index (Phi) is 4.49. The molecule has 0 aromatic carbocycles. The van der Waals surface area contributed by atoms with Crippen LogP contribution in [0.4, 0.5) is 11.5 Å². The lowest BCUT2D eigenvalue weighted by Crippen LogP contribution is -2.33. The highest BCUT2D eigenvalue weighted by Gasteiger charge is 2.20. The summed E-state index contributed by atoms with van der Waals surface area (Å²) in [6.45, 7) is 4.97. The average Bonchev–Trinajstić information content (AvgIpc) is 2.81. The van der Waals surface area contributed by atoms with Gasteiger partial charge in [0.1, 0.15) is 6.20 Å². The first-order valence-electron chi connectivity index (χ1n) is 6.22. The molecule has 7 nitrogen and oxygen atoms in total. The van der Waals surface area contributed by atoms with Gasteiger partial charge in [-0.3, -0.25) is 10.1 Å². The number of nitrogens with zero attached hydrogens (tertiary/aromatic N) is 4. The van der Waals surface area contributed by atoms with Crippen LogP contribution in [0.1, 0.15) is 19.8 Å². The minimum Gasteiger partial charge on any atom is -0.360 e. The maximum atomic E-state index is 10.9. The molecule has 1 aromatic rings. The molecule has 1 aromatic heterocycles. The highest BCUT2D eigenvalue weighted by molar-refractivity contribution is 6.28. The second kappa shape index (κ2) is 6.12. The van der Waals surface area contributed by atoms with E-state index >= 15 is 0 Å². The summed E-state index contributed by atoms with van der Waals surface area (Å²) in [5.74, 6) is 0.177. The predicted octanol–water partition coefficient (Wildman–Crippen LogP) is 1.93. The molecule has 0 spiro atoms. The van der Waals surface area contributed by atoms with E-state index in [-0.39, 0.29) is 22.8 Å². The van der Waals surface area contributed by atoms with Gasteiger partial charge >= 0.3 is 5.69 Å². The van der Waals surface area contributed by atoms with E-state index in [0.29, 0.717) is 0 Å². The summed E-state index contributed by atoms with van der Waals surface area (Å²) < 4.78 is 0. The summed E-state index contributed by atoms with van der Waals surface area (Å²) in [7, 11) is 0. The average molecular weight is 286 g/mol. The molecule has 1 N–H and O–H groups in total. The molecular weight excluding hydrogens is 270 g/mol. The fourth-order valence-corrected chi connectivity index (χ4v) is 2.36. The summed E-state index contributed by atoms with van der Waals surface area (Å²) in [6.07, 6.45) is 3.55. The number of halogens is 1. The summed E-state index contributed by atoms with van der Waals surface area (Å²) in [4.78, 5) is 20.2. The SMILES string of the molecule is CC(CN1CCCC1)Nc1nc(Cl)ncc1[N+](=O)[O-]. The lowest BCUT2D eigenvalue weighted by Gasteiger charge is -2.21. The number of anilines is 1. The molecule has 1 saturated heterocycles. The molecule has 104 valence electrons. The molecule has 1 unspecified atom stereocenters. The first-order valence-corrected chi connectivity index (χ1v) is 6.60. The number of likely N-dealkylation sites (tertiary alicyclic amines) is 1. The Balaban J connectivity index is 2.04. The summed E-state index contributed by atoms with van der Waals surface area (Å²) in [5, 5.41) is 13.9. The van der Waals surface area contributed by atoms with Gasteiger partial charge in [0, 0.05) is 12.6 Å². The molecule has 19 heavy (non-hydrogen) atoms. The second-order valence-electron chi connectivity index (χ2n) is 4.68. The zero-order valence-electron chi connectivity index (χ0n) is 10.7. The van der Waals surface area contributed by atoms with E-state index in [2.05, 4.69) is 20.2 Å². The van der Waals surface area contributed by atoms with Crippen LogP contribution in [0.15, 0.2) is 6.20 Å². The quantitative estimate of drug-likeness (QED) is 0.505. The van der Waals surface area contributed by atoms with Crippen LogP contribution in [0, 0.1) is 10.1 Å². The third kappa shape index (κ3) is 3.74. The molecule has 0 aliphatic carbocycles. The number of rotatable bonds is 5. The van der Waals surface area contributed by atoms with Crippen molar-refractivity contribution in [1.82, 2.24) is 14.9 Å². The van der Waals surface area contributed by atoms with Crippen LogP contribution < -0.4 is 5.32 Å². The van der Waals surface area contributed by atoms with Crippen molar-refractivity contribution in [1.29, 1.82) is 0 Å². The minimum atomic E-state index is -0.513. The largest absolute Gasteiger partial charge is 0.360 e. The molecule has 8 heteroatoms. The minimum absolute atomic E-state index is 0.00136. The Morgan fingerprint density at radius 3 is 2.89 bits per heavy atom. The summed E-state index contributed by atoms with van der Waals surface area (Å²) in [5.41, 5.74) is -0.155. The van der Waals surface area contributed by atoms with Crippen molar-refractivity contribution in [2.75, 3.05) is 25.0 Å². The monoisotopic (exact) mass is 285 g/mol. The van der Waals surface area contributed by atoms with Crippen molar-refractivity contribution >= 4 is 23.1 Å². The van der Waals surface area contributed by atoms with Crippen molar-refractivity contribution in [3.8, 4) is 0 Å². The molecule has 0 bridgehead atoms. The molecule has 0 amide bonds. The number of hydrogen-bond acceptors (Lipinski definition) is 6. The Hall–Kier alpha value is -1.47. The standard InChI is InChI=1S/C11H16ClN5O2/c1-8(7-16-4-2-3-5-16)14-10-9(17(18)19)6-13-11(12)15-10/h6,8H,2-5,7H2,1H3,(H,13,14,15). The normalized spacial score (nSPS) is 17.4. The number of nitrogens with one attached hydrogen (secondary N) is 1. The van der Waals surface area contributed by atoms with Gasteiger partial charge in [-0.1, -0.05) is 0 Å². The van der Waals surface area contributed by atoms with Crippen LogP contribution in [-0.2, 0) is 0 Å². The summed E-state index contributed by atoms with van der Waals surface area (Å²) in [6, 6.07) is 0.0581. The van der Waals surface area contributed by atoms with E-state index in [1.165, 1.54) is 12.8 Å². The lowest BCUT2D eigenvalue weighted by atomic mass is 10.3. The van der Waals surface area contributed by atoms with E-state index in [0.717, 1.165) is 25.8 Å². The number of aromatic nitrogens is 2. The third-order valence-electron chi connectivity index (χ3n) is 3.05. The zero-order chi connectivity index (χ0) is 13.8. The van der Waals surface area contributed by atoms with Gasteiger partial charge < -0.3 is 10.2 Å². The molecule has 1 fully saturated rings. The van der Waals surface area contributed by atoms with Crippen LogP contribution in [0.3, 0.4) is 0 Å². The Morgan fingerprint density at radius 2 is 2.26 bits per heavy atom. The predicted molar refractivity (Wildman–Crippen MR) is 72.5 cm³/mol. The first-order chi connectivity index (χ1) is 9.06. The first kappa shape index (κ1) is 14.0. The van der Waals surface area contributed by atoms with Gasteiger partial charge in [-0.25, -0.2) is 4.98 Å². The Bertz CT molecular complexity index is 464. The van der Waals surface area contributed by atoms with Crippen molar-refractivity contribution in [3.05, 3.63) is 21.6 Å². The molecule has 0 radical (unpaired) electrons. The lowest BCUT2D eigenvalue weighted by molar-refractivity contribution is -0.384. The zero-order valence-corrected chi connectivity index (χ0v) is 11.4. The molecular formula is C11H16ClN5O2. The maximum Gasteiger partial charge on any atom is 0.329 e. The topological polar surface area (TPSA) is 84.2 Å². The number of hydrogen-bond donors (Lipinski definition) is 1. The van der Waals surface area contributed by atoms with Crippen LogP contribution in [0.25, 0.3) is 0 Å². The van der Waals surface area contributed by atoms with Crippen molar-refractivity contribution in [2.24, 2.45) is 0 Å². The van der Waals surface area contributed by atoms with Crippen molar-refractivity contribution in [2.45, 2.75) is 25.8 Å². The smallest absolute Gasteiger partial charge is 0.329 e. The van der Waals surface area contributed by atoms with Crippen molar-refractivity contribution < 1.29 is 4.92 Å². The van der Waals surface area contributed by atoms with Crippen LogP contribution in [0.2, 0.25) is 5.28 Å². The van der Waals surface area contributed by atoms with E-state index in [9.17, 15) is 10.1 Å². The molecule has 1 aliphatic rings. The second-order valence-corrected chi connectivity index (χ2v) is 5.02. The van der Waals surface area contributed by atoms with E-state index < -0.39 is 4.92 Å². The summed E-state index contributed by atoms with van der Waals surface area (Å²) >= 11 is 5.68. The fourth-order valence-electron chi connectivity index (χ4n) is 2.23. The van der Waals surface area contributed by atoms with E-state index in [1.807, 2.05) is 6.92 Å². The van der Waals surface area contributed by atoms with Gasteiger partial charge in [0.25, 0.3) is 0 Å². The Labute approximate surface area is 116 Å². The van der Waals surface area contributed by atoms with Gasteiger partial charge in [-0.05, 0) is 44.5 Å². The third-order valence-corrected chi connectivity index (χ3v) is 3.23. The van der Waals surface area contributed by atoms with Gasteiger partial charge in [0.05, 0.1) is 4.92 Å². The fraction of sp³-hybridized carbons (Fsp3) is 0.636.